The average Bonchev–Trinajstić information content (AvgIpc) is 2.18. The van der Waals surface area contributed by atoms with Gasteiger partial charge in [0.1, 0.15) is 6.20 Å². The van der Waals surface area contributed by atoms with Gasteiger partial charge in [-0.2, -0.15) is 0 Å². The number of aromatic nitrogens is 1. The summed E-state index contributed by atoms with van der Waals surface area (Å²) in [6.07, 6.45) is 2.12. The molecule has 5 nitrogen and oxygen atoms in total. The fraction of sp³-hybridized carbons (Fsp3) is 0.444. The Kier molecular flexibility index (Phi) is 3.53. The van der Waals surface area contributed by atoms with Crippen molar-refractivity contribution in [1.82, 2.24) is 4.98 Å². The van der Waals surface area contributed by atoms with Crippen LogP contribution in [0.1, 0.15) is 25.0 Å². The van der Waals surface area contributed by atoms with Gasteiger partial charge in [0.15, 0.2) is 0 Å². The highest BCUT2D eigenvalue weighted by Gasteiger charge is 2.09. The fourth-order valence-corrected chi connectivity index (χ4v) is 1.19. The van der Waals surface area contributed by atoms with E-state index in [1.165, 1.54) is 12.3 Å². The zero-order valence-electron chi connectivity index (χ0n) is 8.01. The van der Waals surface area contributed by atoms with Crippen LogP contribution in [0, 0.1) is 10.1 Å². The minimum absolute atomic E-state index is 0.0219. The lowest BCUT2D eigenvalue weighted by Gasteiger charge is -2.07. The standard InChI is InChI=1S/C9H13N3O2/c1-7(4-5-10)9-3-2-8(6-11-9)12(13)14/h2-3,6-7H,4-5,10H2,1H3. The zero-order chi connectivity index (χ0) is 10.6. The van der Waals surface area contributed by atoms with Crippen LogP contribution in [0.5, 0.6) is 0 Å². The Bertz CT molecular complexity index is 310. The van der Waals surface area contributed by atoms with Crippen molar-refractivity contribution in [2.75, 3.05) is 6.54 Å². The third-order valence-corrected chi connectivity index (χ3v) is 2.09. The molecule has 0 saturated heterocycles. The maximum atomic E-state index is 10.4. The van der Waals surface area contributed by atoms with E-state index in [1.54, 1.807) is 6.07 Å². The second kappa shape index (κ2) is 4.66. The SMILES string of the molecule is CC(CCN)c1ccc([N+](=O)[O-])cn1. The summed E-state index contributed by atoms with van der Waals surface area (Å²) in [5, 5.41) is 10.4. The van der Waals surface area contributed by atoms with Crippen LogP contribution >= 0.6 is 0 Å². The van der Waals surface area contributed by atoms with E-state index in [4.69, 9.17) is 5.73 Å². The Morgan fingerprint density at radius 1 is 1.64 bits per heavy atom. The quantitative estimate of drug-likeness (QED) is 0.582. The van der Waals surface area contributed by atoms with Crippen molar-refractivity contribution >= 4 is 5.69 Å². The lowest BCUT2D eigenvalue weighted by atomic mass is 10.0. The molecule has 0 fully saturated rings. The van der Waals surface area contributed by atoms with Gasteiger partial charge in [0.25, 0.3) is 5.69 Å². The molecule has 1 heterocycles. The first kappa shape index (κ1) is 10.6. The van der Waals surface area contributed by atoms with Gasteiger partial charge in [-0.25, -0.2) is 0 Å². The second-order valence-corrected chi connectivity index (χ2v) is 3.18. The minimum atomic E-state index is -0.454. The molecule has 1 rings (SSSR count). The molecule has 0 saturated carbocycles. The molecule has 0 aliphatic carbocycles. The summed E-state index contributed by atoms with van der Waals surface area (Å²) in [6, 6.07) is 3.15. The first-order valence-corrected chi connectivity index (χ1v) is 4.45. The molecule has 76 valence electrons. The van der Waals surface area contributed by atoms with Crippen molar-refractivity contribution in [3.05, 3.63) is 34.1 Å². The summed E-state index contributed by atoms with van der Waals surface area (Å²) >= 11 is 0. The van der Waals surface area contributed by atoms with Gasteiger partial charge in [0.2, 0.25) is 0 Å². The molecule has 0 radical (unpaired) electrons. The normalized spacial score (nSPS) is 12.4. The lowest BCUT2D eigenvalue weighted by molar-refractivity contribution is -0.385. The molecule has 0 spiro atoms. The Hall–Kier alpha value is -1.49. The van der Waals surface area contributed by atoms with Crippen molar-refractivity contribution < 1.29 is 4.92 Å². The molecule has 0 amide bonds. The summed E-state index contributed by atoms with van der Waals surface area (Å²) < 4.78 is 0. The van der Waals surface area contributed by atoms with E-state index >= 15 is 0 Å². The van der Waals surface area contributed by atoms with E-state index in [1.807, 2.05) is 6.92 Å². The van der Waals surface area contributed by atoms with E-state index in [-0.39, 0.29) is 11.6 Å². The van der Waals surface area contributed by atoms with Gasteiger partial charge in [-0.1, -0.05) is 6.92 Å². The number of hydrogen-bond acceptors (Lipinski definition) is 4. The van der Waals surface area contributed by atoms with Gasteiger partial charge in [-0.05, 0) is 24.9 Å². The Balaban J connectivity index is 2.77. The first-order valence-electron chi connectivity index (χ1n) is 4.45. The van der Waals surface area contributed by atoms with E-state index < -0.39 is 4.92 Å². The van der Waals surface area contributed by atoms with Crippen LogP contribution < -0.4 is 5.73 Å². The summed E-state index contributed by atoms with van der Waals surface area (Å²) in [4.78, 5) is 13.9. The van der Waals surface area contributed by atoms with Gasteiger partial charge in [0.05, 0.1) is 4.92 Å². The summed E-state index contributed by atoms with van der Waals surface area (Å²) in [7, 11) is 0. The summed E-state index contributed by atoms with van der Waals surface area (Å²) in [5.74, 6) is 0.251. The van der Waals surface area contributed by atoms with Gasteiger partial charge in [0, 0.05) is 11.8 Å². The van der Waals surface area contributed by atoms with Crippen LogP contribution in [0.2, 0.25) is 0 Å². The van der Waals surface area contributed by atoms with Gasteiger partial charge >= 0.3 is 0 Å². The van der Waals surface area contributed by atoms with Crippen molar-refractivity contribution in [3.63, 3.8) is 0 Å². The summed E-state index contributed by atoms with van der Waals surface area (Å²) in [5.41, 5.74) is 6.28. The Labute approximate surface area is 82.1 Å². The maximum Gasteiger partial charge on any atom is 0.287 e. The molecule has 0 bridgehead atoms. The largest absolute Gasteiger partial charge is 0.330 e. The van der Waals surface area contributed by atoms with E-state index in [0.29, 0.717) is 6.54 Å². The van der Waals surface area contributed by atoms with Crippen LogP contribution in [0.25, 0.3) is 0 Å². The minimum Gasteiger partial charge on any atom is -0.330 e. The van der Waals surface area contributed by atoms with E-state index in [0.717, 1.165) is 12.1 Å². The third-order valence-electron chi connectivity index (χ3n) is 2.09. The highest BCUT2D eigenvalue weighted by atomic mass is 16.6. The molecule has 2 N–H and O–H groups in total. The number of hydrogen-bond donors (Lipinski definition) is 1. The molecule has 0 aliphatic heterocycles. The highest BCUT2D eigenvalue weighted by molar-refractivity contribution is 5.27. The molecule has 14 heavy (non-hydrogen) atoms. The van der Waals surface area contributed by atoms with Gasteiger partial charge < -0.3 is 5.73 Å². The third kappa shape index (κ3) is 2.50. The number of rotatable bonds is 4. The smallest absolute Gasteiger partial charge is 0.287 e. The van der Waals surface area contributed by atoms with Crippen molar-refractivity contribution in [2.24, 2.45) is 5.73 Å². The average molecular weight is 195 g/mol. The first-order chi connectivity index (χ1) is 6.65. The van der Waals surface area contributed by atoms with Crippen molar-refractivity contribution in [2.45, 2.75) is 19.3 Å². The van der Waals surface area contributed by atoms with Gasteiger partial charge in [-0.15, -0.1) is 0 Å². The van der Waals surface area contributed by atoms with E-state index in [9.17, 15) is 10.1 Å². The molecule has 0 aromatic carbocycles. The highest BCUT2D eigenvalue weighted by Crippen LogP contribution is 2.18. The van der Waals surface area contributed by atoms with Crippen LogP contribution in [0.4, 0.5) is 5.69 Å². The van der Waals surface area contributed by atoms with Crippen LogP contribution in [0.3, 0.4) is 0 Å². The molecular formula is C9H13N3O2. The van der Waals surface area contributed by atoms with Crippen molar-refractivity contribution in [1.29, 1.82) is 0 Å². The lowest BCUT2D eigenvalue weighted by Crippen LogP contribution is -2.06. The monoisotopic (exact) mass is 195 g/mol. The number of nitrogens with two attached hydrogens (primary N) is 1. The number of nitrogens with zero attached hydrogens (tertiary/aromatic N) is 2. The van der Waals surface area contributed by atoms with Crippen LogP contribution in [-0.4, -0.2) is 16.5 Å². The predicted molar refractivity (Wildman–Crippen MR) is 53.0 cm³/mol. The molecule has 1 aromatic heterocycles. The predicted octanol–water partition coefficient (Wildman–Crippen LogP) is 1.44. The summed E-state index contributed by atoms with van der Waals surface area (Å²) in [6.45, 7) is 2.60. The van der Waals surface area contributed by atoms with Gasteiger partial charge in [-0.3, -0.25) is 15.1 Å². The zero-order valence-corrected chi connectivity index (χ0v) is 8.01. The molecule has 1 unspecified atom stereocenters. The number of pyridine rings is 1. The molecule has 0 aliphatic rings. The van der Waals surface area contributed by atoms with E-state index in [2.05, 4.69) is 4.98 Å². The molecule has 1 atom stereocenters. The maximum absolute atomic E-state index is 10.4. The molecular weight excluding hydrogens is 182 g/mol. The van der Waals surface area contributed by atoms with Crippen molar-refractivity contribution in [3.8, 4) is 0 Å². The Morgan fingerprint density at radius 3 is 2.79 bits per heavy atom. The molecule has 5 heteroatoms. The van der Waals surface area contributed by atoms with Crippen LogP contribution in [0.15, 0.2) is 18.3 Å². The fourth-order valence-electron chi connectivity index (χ4n) is 1.19. The Morgan fingerprint density at radius 2 is 2.36 bits per heavy atom. The topological polar surface area (TPSA) is 82.0 Å². The molecule has 1 aromatic rings. The number of nitro groups is 1. The van der Waals surface area contributed by atoms with Crippen LogP contribution in [-0.2, 0) is 0 Å². The second-order valence-electron chi connectivity index (χ2n) is 3.18.